The maximum Gasteiger partial charge on any atom is 0.251 e. The molecule has 1 rings (SSSR count). The van der Waals surface area contributed by atoms with E-state index in [1.807, 2.05) is 6.92 Å². The summed E-state index contributed by atoms with van der Waals surface area (Å²) in [4.78, 5) is 22.7. The Morgan fingerprint density at radius 2 is 2.12 bits per heavy atom. The average Bonchev–Trinajstić information content (AvgIpc) is 2.34. The van der Waals surface area contributed by atoms with E-state index in [0.29, 0.717) is 19.8 Å². The zero-order chi connectivity index (χ0) is 11.8. The zero-order valence-electron chi connectivity index (χ0n) is 9.45. The van der Waals surface area contributed by atoms with Gasteiger partial charge in [0.05, 0.1) is 26.4 Å². The molecule has 2 N–H and O–H groups in total. The van der Waals surface area contributed by atoms with Crippen molar-refractivity contribution < 1.29 is 19.1 Å². The second-order valence-electron chi connectivity index (χ2n) is 3.50. The number of ether oxygens (including phenoxy) is 2. The molecule has 1 saturated heterocycles. The van der Waals surface area contributed by atoms with Gasteiger partial charge in [-0.2, -0.15) is 0 Å². The lowest BCUT2D eigenvalue weighted by molar-refractivity contribution is -0.148. The molecule has 6 nitrogen and oxygen atoms in total. The van der Waals surface area contributed by atoms with Crippen LogP contribution < -0.4 is 10.6 Å². The fraction of sp³-hybridized carbons (Fsp3) is 0.800. The molecule has 0 aromatic rings. The molecule has 6 heteroatoms. The first-order valence-electron chi connectivity index (χ1n) is 5.47. The monoisotopic (exact) mass is 230 g/mol. The Morgan fingerprint density at radius 3 is 2.75 bits per heavy atom. The first-order chi connectivity index (χ1) is 7.74. The Bertz CT molecular complexity index is 239. The molecule has 0 spiro atoms. The molecule has 0 aromatic carbocycles. The molecule has 1 fully saturated rings. The van der Waals surface area contributed by atoms with Crippen LogP contribution in [-0.2, 0) is 19.1 Å². The van der Waals surface area contributed by atoms with Crippen molar-refractivity contribution in [2.45, 2.75) is 19.4 Å². The Kier molecular flexibility index (Phi) is 5.81. The molecule has 0 radical (unpaired) electrons. The first kappa shape index (κ1) is 12.9. The third-order valence-electron chi connectivity index (χ3n) is 2.10. The highest BCUT2D eigenvalue weighted by Crippen LogP contribution is 1.99. The topological polar surface area (TPSA) is 76.7 Å². The molecule has 0 aromatic heterocycles. The minimum absolute atomic E-state index is 0.0152. The van der Waals surface area contributed by atoms with Crippen molar-refractivity contribution >= 4 is 11.8 Å². The van der Waals surface area contributed by atoms with E-state index in [1.165, 1.54) is 0 Å². The van der Waals surface area contributed by atoms with E-state index in [4.69, 9.17) is 9.47 Å². The Labute approximate surface area is 94.7 Å². The summed E-state index contributed by atoms with van der Waals surface area (Å²) in [5.41, 5.74) is 0. The smallest absolute Gasteiger partial charge is 0.251 e. The van der Waals surface area contributed by atoms with E-state index in [-0.39, 0.29) is 25.0 Å². The van der Waals surface area contributed by atoms with Crippen molar-refractivity contribution in [3.05, 3.63) is 0 Å². The van der Waals surface area contributed by atoms with Crippen LogP contribution in [0.25, 0.3) is 0 Å². The van der Waals surface area contributed by atoms with Crippen molar-refractivity contribution in [1.29, 1.82) is 0 Å². The fourth-order valence-corrected chi connectivity index (χ4v) is 1.25. The number of nitrogens with one attached hydrogen (secondary N) is 2. The fourth-order valence-electron chi connectivity index (χ4n) is 1.25. The second kappa shape index (κ2) is 7.19. The largest absolute Gasteiger partial charge is 0.376 e. The van der Waals surface area contributed by atoms with Crippen molar-refractivity contribution in [1.82, 2.24) is 10.6 Å². The van der Waals surface area contributed by atoms with Crippen LogP contribution in [0, 0.1) is 0 Å². The minimum atomic E-state index is -0.590. The maximum absolute atomic E-state index is 11.5. The Morgan fingerprint density at radius 1 is 1.31 bits per heavy atom. The quantitative estimate of drug-likeness (QED) is 0.638. The van der Waals surface area contributed by atoms with Crippen molar-refractivity contribution in [3.63, 3.8) is 0 Å². The van der Waals surface area contributed by atoms with E-state index in [0.717, 1.165) is 6.42 Å². The number of rotatable bonds is 5. The summed E-state index contributed by atoms with van der Waals surface area (Å²) in [6, 6.07) is 0. The maximum atomic E-state index is 11.5. The van der Waals surface area contributed by atoms with Gasteiger partial charge in [-0.25, -0.2) is 0 Å². The second-order valence-corrected chi connectivity index (χ2v) is 3.50. The molecule has 1 aliphatic rings. The van der Waals surface area contributed by atoms with Crippen molar-refractivity contribution in [3.8, 4) is 0 Å². The van der Waals surface area contributed by atoms with Crippen LogP contribution in [0.5, 0.6) is 0 Å². The van der Waals surface area contributed by atoms with E-state index in [1.54, 1.807) is 0 Å². The molecule has 16 heavy (non-hydrogen) atoms. The van der Waals surface area contributed by atoms with Gasteiger partial charge in [-0.3, -0.25) is 9.59 Å². The SMILES string of the molecule is CCCNC(=O)CNC(=O)[C@H]1COCCO1. The standard InChI is InChI=1S/C10H18N2O4/c1-2-3-11-9(13)6-12-10(14)8-7-15-4-5-16-8/h8H,2-7H2,1H3,(H,11,13)(H,12,14)/t8-/m1/s1. The summed E-state index contributed by atoms with van der Waals surface area (Å²) in [6.07, 6.45) is 0.284. The molecule has 1 heterocycles. The van der Waals surface area contributed by atoms with Gasteiger partial charge in [-0.1, -0.05) is 6.92 Å². The molecule has 0 saturated carbocycles. The summed E-state index contributed by atoms with van der Waals surface area (Å²) in [5.74, 6) is -0.488. The van der Waals surface area contributed by atoms with Crippen LogP contribution in [0.15, 0.2) is 0 Å². The summed E-state index contributed by atoms with van der Waals surface area (Å²) in [6.45, 7) is 3.76. The summed E-state index contributed by atoms with van der Waals surface area (Å²) in [7, 11) is 0. The lowest BCUT2D eigenvalue weighted by Crippen LogP contribution is -2.46. The van der Waals surface area contributed by atoms with Gasteiger partial charge in [0.15, 0.2) is 6.10 Å². The zero-order valence-corrected chi connectivity index (χ0v) is 9.45. The molecule has 0 aliphatic carbocycles. The molecule has 0 unspecified atom stereocenters. The van der Waals surface area contributed by atoms with Crippen molar-refractivity contribution in [2.24, 2.45) is 0 Å². The molecular formula is C10H18N2O4. The summed E-state index contributed by atoms with van der Waals surface area (Å²) < 4.78 is 10.3. The van der Waals surface area contributed by atoms with Gasteiger partial charge in [-0.15, -0.1) is 0 Å². The lowest BCUT2D eigenvalue weighted by Gasteiger charge is -2.21. The minimum Gasteiger partial charge on any atom is -0.376 e. The van der Waals surface area contributed by atoms with Crippen LogP contribution in [0.2, 0.25) is 0 Å². The van der Waals surface area contributed by atoms with Crippen LogP contribution in [0.3, 0.4) is 0 Å². The molecule has 0 bridgehead atoms. The summed E-state index contributed by atoms with van der Waals surface area (Å²) >= 11 is 0. The van der Waals surface area contributed by atoms with Crippen LogP contribution in [0.1, 0.15) is 13.3 Å². The predicted octanol–water partition coefficient (Wildman–Crippen LogP) is -0.956. The van der Waals surface area contributed by atoms with E-state index >= 15 is 0 Å². The number of hydrogen-bond donors (Lipinski definition) is 2. The van der Waals surface area contributed by atoms with E-state index in [9.17, 15) is 9.59 Å². The Hall–Kier alpha value is -1.14. The van der Waals surface area contributed by atoms with Gasteiger partial charge in [-0.05, 0) is 6.42 Å². The highest BCUT2D eigenvalue weighted by molar-refractivity contribution is 5.86. The average molecular weight is 230 g/mol. The van der Waals surface area contributed by atoms with Gasteiger partial charge in [0, 0.05) is 6.54 Å². The van der Waals surface area contributed by atoms with Crippen molar-refractivity contribution in [2.75, 3.05) is 32.9 Å². The predicted molar refractivity (Wildman–Crippen MR) is 56.9 cm³/mol. The molecule has 1 atom stereocenters. The number of carbonyl (C=O) groups is 2. The van der Waals surface area contributed by atoms with Crippen LogP contribution >= 0.6 is 0 Å². The van der Waals surface area contributed by atoms with E-state index < -0.39 is 6.10 Å². The first-order valence-corrected chi connectivity index (χ1v) is 5.47. The third kappa shape index (κ3) is 4.59. The molecule has 92 valence electrons. The van der Waals surface area contributed by atoms with Crippen LogP contribution in [-0.4, -0.2) is 50.8 Å². The Balaban J connectivity index is 2.15. The summed E-state index contributed by atoms with van der Waals surface area (Å²) in [5, 5.41) is 5.17. The highest BCUT2D eigenvalue weighted by Gasteiger charge is 2.22. The number of amides is 2. The van der Waals surface area contributed by atoms with Gasteiger partial charge in [0.25, 0.3) is 5.91 Å². The number of hydrogen-bond acceptors (Lipinski definition) is 4. The molecule has 1 aliphatic heterocycles. The van der Waals surface area contributed by atoms with Gasteiger partial charge >= 0.3 is 0 Å². The van der Waals surface area contributed by atoms with Gasteiger partial charge in [0.1, 0.15) is 0 Å². The lowest BCUT2D eigenvalue weighted by atomic mass is 10.3. The van der Waals surface area contributed by atoms with E-state index in [2.05, 4.69) is 10.6 Å². The molecular weight excluding hydrogens is 212 g/mol. The number of carbonyl (C=O) groups excluding carboxylic acids is 2. The molecule has 2 amide bonds. The normalized spacial score (nSPS) is 20.2. The third-order valence-corrected chi connectivity index (χ3v) is 2.10. The van der Waals surface area contributed by atoms with Crippen LogP contribution in [0.4, 0.5) is 0 Å². The van der Waals surface area contributed by atoms with Gasteiger partial charge < -0.3 is 20.1 Å². The highest BCUT2D eigenvalue weighted by atomic mass is 16.6. The van der Waals surface area contributed by atoms with Gasteiger partial charge in [0.2, 0.25) is 5.91 Å².